The lowest BCUT2D eigenvalue weighted by atomic mass is 10.0. The number of carbonyl (C=O) groups excluding carboxylic acids is 1. The number of hydrogen-bond donors (Lipinski definition) is 1. The second kappa shape index (κ2) is 5.33. The molecule has 0 radical (unpaired) electrons. The van der Waals surface area contributed by atoms with Crippen LogP contribution in [-0.2, 0) is 9.53 Å². The molecule has 2 aliphatic heterocycles. The summed E-state index contributed by atoms with van der Waals surface area (Å²) in [6, 6.07) is 8.48. The molecule has 1 aromatic carbocycles. The maximum Gasteiger partial charge on any atom is 0.249 e. The Morgan fingerprint density at radius 2 is 2.22 bits per heavy atom. The van der Waals surface area contributed by atoms with Gasteiger partial charge in [0.05, 0.1) is 6.04 Å². The summed E-state index contributed by atoms with van der Waals surface area (Å²) < 4.78 is 5.43. The van der Waals surface area contributed by atoms with Crippen LogP contribution in [0.2, 0.25) is 0 Å². The molecule has 1 N–H and O–H groups in total. The predicted octanol–water partition coefficient (Wildman–Crippen LogP) is 2.52. The first-order chi connectivity index (χ1) is 8.84. The number of rotatable bonds is 2. The maximum absolute atomic E-state index is 12.1. The summed E-state index contributed by atoms with van der Waals surface area (Å²) in [5.74, 6) is 1.12. The largest absolute Gasteiger partial charge is 0.368 e. The first-order valence-corrected chi connectivity index (χ1v) is 7.47. The SMILES string of the molecule is O=C(N[C@H]1CCSc2ccccc21)[C@H]1CCCO1. The van der Waals surface area contributed by atoms with E-state index in [0.29, 0.717) is 0 Å². The highest BCUT2D eigenvalue weighted by atomic mass is 32.2. The fraction of sp³-hybridized carbons (Fsp3) is 0.500. The molecule has 1 saturated heterocycles. The third-order valence-corrected chi connectivity index (χ3v) is 4.62. The molecule has 1 fully saturated rings. The number of benzene rings is 1. The van der Waals surface area contributed by atoms with Gasteiger partial charge in [0, 0.05) is 17.3 Å². The van der Waals surface area contributed by atoms with Gasteiger partial charge < -0.3 is 10.1 Å². The zero-order chi connectivity index (χ0) is 12.4. The van der Waals surface area contributed by atoms with Crippen LogP contribution in [0.15, 0.2) is 29.2 Å². The standard InChI is InChI=1S/C14H17NO2S/c16-14(12-5-3-8-17-12)15-11-7-9-18-13-6-2-1-4-10(11)13/h1-2,4,6,11-12H,3,5,7-9H2,(H,15,16)/t11-,12+/m0/s1. The van der Waals surface area contributed by atoms with Crippen LogP contribution in [0.4, 0.5) is 0 Å². The Balaban J connectivity index is 1.72. The number of fused-ring (bicyclic) bond motifs is 1. The van der Waals surface area contributed by atoms with Crippen molar-refractivity contribution in [1.29, 1.82) is 0 Å². The molecule has 4 heteroatoms. The average Bonchev–Trinajstić information content (AvgIpc) is 2.93. The van der Waals surface area contributed by atoms with Gasteiger partial charge in [-0.15, -0.1) is 11.8 Å². The van der Waals surface area contributed by atoms with Gasteiger partial charge in [-0.25, -0.2) is 0 Å². The van der Waals surface area contributed by atoms with Crippen LogP contribution in [0.25, 0.3) is 0 Å². The fourth-order valence-corrected chi connectivity index (χ4v) is 3.67. The van der Waals surface area contributed by atoms with E-state index in [0.717, 1.165) is 31.6 Å². The Morgan fingerprint density at radius 1 is 1.33 bits per heavy atom. The molecule has 0 aliphatic carbocycles. The summed E-state index contributed by atoms with van der Waals surface area (Å²) in [4.78, 5) is 13.4. The third-order valence-electron chi connectivity index (χ3n) is 3.50. The third kappa shape index (κ3) is 2.40. The van der Waals surface area contributed by atoms with Crippen molar-refractivity contribution in [2.24, 2.45) is 0 Å². The first kappa shape index (κ1) is 12.1. The van der Waals surface area contributed by atoms with Gasteiger partial charge in [0.25, 0.3) is 0 Å². The van der Waals surface area contributed by atoms with Gasteiger partial charge in [0.15, 0.2) is 0 Å². The van der Waals surface area contributed by atoms with Crippen molar-refractivity contribution < 1.29 is 9.53 Å². The number of nitrogens with one attached hydrogen (secondary N) is 1. The van der Waals surface area contributed by atoms with Crippen molar-refractivity contribution in [2.45, 2.75) is 36.3 Å². The molecule has 0 aromatic heterocycles. The molecule has 0 spiro atoms. The summed E-state index contributed by atoms with van der Waals surface area (Å²) >= 11 is 1.87. The second-order valence-electron chi connectivity index (χ2n) is 4.74. The van der Waals surface area contributed by atoms with Crippen LogP contribution in [0.1, 0.15) is 30.9 Å². The van der Waals surface area contributed by atoms with Crippen LogP contribution < -0.4 is 5.32 Å². The minimum atomic E-state index is -0.230. The Bertz CT molecular complexity index is 443. The molecule has 2 atom stereocenters. The number of ether oxygens (including phenoxy) is 1. The molecular formula is C14H17NO2S. The van der Waals surface area contributed by atoms with Gasteiger partial charge in [0.2, 0.25) is 5.91 Å². The zero-order valence-corrected chi connectivity index (χ0v) is 11.0. The topological polar surface area (TPSA) is 38.3 Å². The van der Waals surface area contributed by atoms with Crippen molar-refractivity contribution in [3.8, 4) is 0 Å². The molecule has 2 aliphatic rings. The van der Waals surface area contributed by atoms with E-state index in [1.54, 1.807) is 0 Å². The van der Waals surface area contributed by atoms with E-state index < -0.39 is 0 Å². The predicted molar refractivity (Wildman–Crippen MR) is 71.6 cm³/mol. The summed E-state index contributed by atoms with van der Waals surface area (Å²) in [7, 11) is 0. The van der Waals surface area contributed by atoms with Gasteiger partial charge in [-0.2, -0.15) is 0 Å². The minimum absolute atomic E-state index is 0.0548. The highest BCUT2D eigenvalue weighted by molar-refractivity contribution is 7.99. The van der Waals surface area contributed by atoms with Crippen molar-refractivity contribution in [3.05, 3.63) is 29.8 Å². The van der Waals surface area contributed by atoms with Crippen molar-refractivity contribution >= 4 is 17.7 Å². The summed E-state index contributed by atoms with van der Waals surface area (Å²) in [6.07, 6.45) is 2.62. The smallest absolute Gasteiger partial charge is 0.249 e. The zero-order valence-electron chi connectivity index (χ0n) is 10.2. The Hall–Kier alpha value is -1.00. The van der Waals surface area contributed by atoms with Crippen LogP contribution in [0, 0.1) is 0 Å². The van der Waals surface area contributed by atoms with Crippen LogP contribution in [-0.4, -0.2) is 24.4 Å². The molecule has 2 heterocycles. The van der Waals surface area contributed by atoms with Crippen molar-refractivity contribution in [3.63, 3.8) is 0 Å². The summed E-state index contributed by atoms with van der Waals surface area (Å²) in [5.41, 5.74) is 1.25. The summed E-state index contributed by atoms with van der Waals surface area (Å²) in [6.45, 7) is 0.717. The van der Waals surface area contributed by atoms with Crippen LogP contribution in [0.5, 0.6) is 0 Å². The monoisotopic (exact) mass is 263 g/mol. The Kier molecular flexibility index (Phi) is 3.57. The molecule has 0 bridgehead atoms. The second-order valence-corrected chi connectivity index (χ2v) is 5.87. The Labute approximate surface area is 111 Å². The summed E-state index contributed by atoms with van der Waals surface area (Å²) in [5, 5.41) is 3.14. The number of carbonyl (C=O) groups is 1. The first-order valence-electron chi connectivity index (χ1n) is 6.48. The van der Waals surface area contributed by atoms with Crippen LogP contribution in [0.3, 0.4) is 0 Å². The Morgan fingerprint density at radius 3 is 3.06 bits per heavy atom. The number of thioether (sulfide) groups is 1. The van der Waals surface area contributed by atoms with E-state index in [1.165, 1.54) is 10.5 Å². The quantitative estimate of drug-likeness (QED) is 0.891. The van der Waals surface area contributed by atoms with Gasteiger partial charge >= 0.3 is 0 Å². The van der Waals surface area contributed by atoms with E-state index in [2.05, 4.69) is 23.5 Å². The lowest BCUT2D eigenvalue weighted by Crippen LogP contribution is -2.37. The van der Waals surface area contributed by atoms with E-state index in [4.69, 9.17) is 4.74 Å². The van der Waals surface area contributed by atoms with E-state index >= 15 is 0 Å². The van der Waals surface area contributed by atoms with E-state index in [9.17, 15) is 4.79 Å². The highest BCUT2D eigenvalue weighted by Crippen LogP contribution is 2.35. The molecule has 0 unspecified atom stereocenters. The molecule has 18 heavy (non-hydrogen) atoms. The van der Waals surface area contributed by atoms with Crippen molar-refractivity contribution in [1.82, 2.24) is 5.32 Å². The van der Waals surface area contributed by atoms with Crippen LogP contribution >= 0.6 is 11.8 Å². The van der Waals surface area contributed by atoms with E-state index in [1.807, 2.05) is 17.8 Å². The highest BCUT2D eigenvalue weighted by Gasteiger charge is 2.28. The number of hydrogen-bond acceptors (Lipinski definition) is 3. The molecule has 1 amide bonds. The minimum Gasteiger partial charge on any atom is -0.368 e. The molecular weight excluding hydrogens is 246 g/mol. The lowest BCUT2D eigenvalue weighted by molar-refractivity contribution is -0.130. The molecule has 1 aromatic rings. The maximum atomic E-state index is 12.1. The van der Waals surface area contributed by atoms with E-state index in [-0.39, 0.29) is 18.1 Å². The lowest BCUT2D eigenvalue weighted by Gasteiger charge is -2.26. The molecule has 96 valence electrons. The molecule has 3 rings (SSSR count). The number of amides is 1. The molecule has 0 saturated carbocycles. The van der Waals surface area contributed by atoms with Gasteiger partial charge in [-0.1, -0.05) is 18.2 Å². The van der Waals surface area contributed by atoms with Crippen molar-refractivity contribution in [2.75, 3.05) is 12.4 Å². The normalized spacial score (nSPS) is 26.7. The fourth-order valence-electron chi connectivity index (χ4n) is 2.54. The van der Waals surface area contributed by atoms with Gasteiger partial charge in [0.1, 0.15) is 6.10 Å². The van der Waals surface area contributed by atoms with Gasteiger partial charge in [-0.05, 0) is 30.9 Å². The van der Waals surface area contributed by atoms with Gasteiger partial charge in [-0.3, -0.25) is 4.79 Å². The average molecular weight is 263 g/mol. The molecule has 3 nitrogen and oxygen atoms in total.